The summed E-state index contributed by atoms with van der Waals surface area (Å²) in [6.07, 6.45) is 4.45. The second kappa shape index (κ2) is 9.45. The van der Waals surface area contributed by atoms with Gasteiger partial charge in [-0.2, -0.15) is 0 Å². The van der Waals surface area contributed by atoms with Gasteiger partial charge >= 0.3 is 0 Å². The van der Waals surface area contributed by atoms with E-state index in [-0.39, 0.29) is 5.91 Å². The minimum Gasteiger partial charge on any atom is -0.379 e. The average molecular weight is 387 g/mol. The van der Waals surface area contributed by atoms with E-state index in [4.69, 9.17) is 4.74 Å². The van der Waals surface area contributed by atoms with Gasteiger partial charge in [0.2, 0.25) is 0 Å². The lowest BCUT2D eigenvalue weighted by atomic mass is 10.1. The molecule has 29 heavy (non-hydrogen) atoms. The first kappa shape index (κ1) is 19.3. The first-order valence-electron chi connectivity index (χ1n) is 9.94. The third kappa shape index (κ3) is 5.50. The molecule has 4 rings (SSSR count). The second-order valence-corrected chi connectivity index (χ2v) is 7.27. The molecular formula is C24H25N3O2. The molecule has 1 saturated heterocycles. The van der Waals surface area contributed by atoms with Gasteiger partial charge in [-0.1, -0.05) is 24.3 Å². The summed E-state index contributed by atoms with van der Waals surface area (Å²) in [5.41, 5.74) is 5.09. The smallest absolute Gasteiger partial charge is 0.255 e. The molecule has 2 heterocycles. The Morgan fingerprint density at radius 3 is 2.17 bits per heavy atom. The Morgan fingerprint density at radius 1 is 0.862 bits per heavy atom. The van der Waals surface area contributed by atoms with Crippen LogP contribution in [0.5, 0.6) is 0 Å². The number of aromatic nitrogens is 1. The van der Waals surface area contributed by atoms with Crippen molar-refractivity contribution in [2.24, 2.45) is 0 Å². The molecule has 0 saturated carbocycles. The molecule has 1 N–H and O–H groups in total. The van der Waals surface area contributed by atoms with E-state index in [1.54, 1.807) is 12.4 Å². The largest absolute Gasteiger partial charge is 0.379 e. The Hall–Kier alpha value is -3.02. The van der Waals surface area contributed by atoms with Crippen LogP contribution in [0.1, 0.15) is 27.0 Å². The first-order valence-corrected chi connectivity index (χ1v) is 9.94. The Kier molecular flexibility index (Phi) is 6.29. The molecule has 1 aliphatic rings. The number of morpholine rings is 1. The highest BCUT2D eigenvalue weighted by Crippen LogP contribution is 2.15. The summed E-state index contributed by atoms with van der Waals surface area (Å²) in [7, 11) is 0. The zero-order valence-corrected chi connectivity index (χ0v) is 16.4. The molecule has 0 atom stereocenters. The van der Waals surface area contributed by atoms with Crippen molar-refractivity contribution in [2.75, 3.05) is 31.6 Å². The lowest BCUT2D eigenvalue weighted by molar-refractivity contribution is 0.0342. The Labute approximate surface area is 171 Å². The van der Waals surface area contributed by atoms with Crippen LogP contribution in [0.3, 0.4) is 0 Å². The number of rotatable bonds is 6. The third-order valence-corrected chi connectivity index (χ3v) is 5.10. The Morgan fingerprint density at radius 2 is 1.48 bits per heavy atom. The van der Waals surface area contributed by atoms with Crippen molar-refractivity contribution in [3.05, 3.63) is 95.3 Å². The van der Waals surface area contributed by atoms with E-state index in [1.807, 2.05) is 60.7 Å². The van der Waals surface area contributed by atoms with Crippen molar-refractivity contribution in [2.45, 2.75) is 13.0 Å². The van der Waals surface area contributed by atoms with Crippen LogP contribution in [-0.2, 0) is 17.7 Å². The van der Waals surface area contributed by atoms with E-state index in [1.165, 1.54) is 16.7 Å². The highest BCUT2D eigenvalue weighted by atomic mass is 16.5. The normalized spacial score (nSPS) is 14.5. The number of amides is 1. The number of pyridine rings is 1. The van der Waals surface area contributed by atoms with E-state index >= 15 is 0 Å². The van der Waals surface area contributed by atoms with E-state index < -0.39 is 0 Å². The van der Waals surface area contributed by atoms with E-state index in [0.29, 0.717) is 5.56 Å². The summed E-state index contributed by atoms with van der Waals surface area (Å²) >= 11 is 0. The van der Waals surface area contributed by atoms with Gasteiger partial charge in [0.25, 0.3) is 5.91 Å². The van der Waals surface area contributed by atoms with Gasteiger partial charge in [-0.15, -0.1) is 0 Å². The number of hydrogen-bond acceptors (Lipinski definition) is 4. The molecule has 1 fully saturated rings. The average Bonchev–Trinajstić information content (AvgIpc) is 2.77. The molecule has 1 amide bonds. The van der Waals surface area contributed by atoms with Gasteiger partial charge in [-0.3, -0.25) is 14.7 Å². The van der Waals surface area contributed by atoms with Crippen LogP contribution in [0.4, 0.5) is 5.69 Å². The molecule has 148 valence electrons. The van der Waals surface area contributed by atoms with Crippen molar-refractivity contribution in [1.82, 2.24) is 9.88 Å². The zero-order valence-electron chi connectivity index (χ0n) is 16.4. The maximum Gasteiger partial charge on any atom is 0.255 e. The summed E-state index contributed by atoms with van der Waals surface area (Å²) in [4.78, 5) is 19.0. The van der Waals surface area contributed by atoms with E-state index in [0.717, 1.165) is 45.0 Å². The number of ether oxygens (including phenoxy) is 1. The van der Waals surface area contributed by atoms with E-state index in [2.05, 4.69) is 15.2 Å². The molecule has 0 unspecified atom stereocenters. The van der Waals surface area contributed by atoms with Crippen LogP contribution in [0.15, 0.2) is 73.1 Å². The number of benzene rings is 2. The lowest BCUT2D eigenvalue weighted by Gasteiger charge is -2.26. The molecule has 5 nitrogen and oxygen atoms in total. The summed E-state index contributed by atoms with van der Waals surface area (Å²) in [6, 6.07) is 19.8. The fraction of sp³-hybridized carbons (Fsp3) is 0.250. The monoisotopic (exact) mass is 387 g/mol. The number of carbonyl (C=O) groups is 1. The van der Waals surface area contributed by atoms with Crippen molar-refractivity contribution in [3.63, 3.8) is 0 Å². The lowest BCUT2D eigenvalue weighted by Crippen LogP contribution is -2.35. The van der Waals surface area contributed by atoms with Crippen molar-refractivity contribution >= 4 is 11.6 Å². The predicted molar refractivity (Wildman–Crippen MR) is 114 cm³/mol. The van der Waals surface area contributed by atoms with Crippen molar-refractivity contribution in [1.29, 1.82) is 0 Å². The molecule has 0 bridgehead atoms. The van der Waals surface area contributed by atoms with Gasteiger partial charge < -0.3 is 10.1 Å². The van der Waals surface area contributed by atoms with Gasteiger partial charge in [0.1, 0.15) is 0 Å². The van der Waals surface area contributed by atoms with E-state index in [9.17, 15) is 4.79 Å². The summed E-state index contributed by atoms with van der Waals surface area (Å²) in [5.74, 6) is -0.0928. The summed E-state index contributed by atoms with van der Waals surface area (Å²) < 4.78 is 5.38. The highest BCUT2D eigenvalue weighted by molar-refractivity contribution is 6.04. The maximum absolute atomic E-state index is 12.5. The third-order valence-electron chi connectivity index (χ3n) is 5.10. The SMILES string of the molecule is O=C(Nc1ccc(Cc2ccncc2)cc1)c1ccc(CN2CCOCC2)cc1. The number of nitrogens with one attached hydrogen (secondary N) is 1. The standard InChI is InChI=1S/C24H25N3O2/c28-24(22-5-1-21(2-6-22)18-27-13-15-29-16-14-27)26-23-7-3-19(4-8-23)17-20-9-11-25-12-10-20/h1-12H,13-18H2,(H,26,28). The highest BCUT2D eigenvalue weighted by Gasteiger charge is 2.11. The molecule has 2 aromatic carbocycles. The molecule has 1 aromatic heterocycles. The van der Waals surface area contributed by atoms with Gasteiger partial charge in [-0.25, -0.2) is 0 Å². The van der Waals surface area contributed by atoms with Crippen molar-refractivity contribution < 1.29 is 9.53 Å². The van der Waals surface area contributed by atoms with Gasteiger partial charge in [0.05, 0.1) is 13.2 Å². The van der Waals surface area contributed by atoms with Crippen LogP contribution in [-0.4, -0.2) is 42.1 Å². The van der Waals surface area contributed by atoms with Crippen LogP contribution < -0.4 is 5.32 Å². The minimum absolute atomic E-state index is 0.0928. The summed E-state index contributed by atoms with van der Waals surface area (Å²) in [5, 5.41) is 2.97. The predicted octanol–water partition coefficient (Wildman–Crippen LogP) is 3.76. The summed E-state index contributed by atoms with van der Waals surface area (Å²) in [6.45, 7) is 4.40. The molecule has 0 radical (unpaired) electrons. The topological polar surface area (TPSA) is 54.5 Å². The second-order valence-electron chi connectivity index (χ2n) is 7.27. The van der Waals surface area contributed by atoms with Crippen LogP contribution in [0, 0.1) is 0 Å². The van der Waals surface area contributed by atoms with Crippen LogP contribution in [0.2, 0.25) is 0 Å². The quantitative estimate of drug-likeness (QED) is 0.700. The number of nitrogens with zero attached hydrogens (tertiary/aromatic N) is 2. The minimum atomic E-state index is -0.0928. The molecule has 0 aliphatic carbocycles. The van der Waals surface area contributed by atoms with Gasteiger partial charge in [0.15, 0.2) is 0 Å². The zero-order chi connectivity index (χ0) is 19.9. The number of hydrogen-bond donors (Lipinski definition) is 1. The molecule has 3 aromatic rings. The van der Waals surface area contributed by atoms with Gasteiger partial charge in [0, 0.05) is 43.3 Å². The Bertz CT molecular complexity index is 919. The molecule has 5 heteroatoms. The van der Waals surface area contributed by atoms with Crippen molar-refractivity contribution in [3.8, 4) is 0 Å². The number of carbonyl (C=O) groups excluding carboxylic acids is 1. The first-order chi connectivity index (χ1) is 14.3. The maximum atomic E-state index is 12.5. The van der Waals surface area contributed by atoms with Crippen LogP contribution in [0.25, 0.3) is 0 Å². The molecule has 0 spiro atoms. The Balaban J connectivity index is 1.32. The fourth-order valence-electron chi connectivity index (χ4n) is 3.42. The number of anilines is 1. The van der Waals surface area contributed by atoms with Gasteiger partial charge in [-0.05, 0) is 59.5 Å². The fourth-order valence-corrected chi connectivity index (χ4v) is 3.42. The molecule has 1 aliphatic heterocycles. The molecular weight excluding hydrogens is 362 g/mol. The van der Waals surface area contributed by atoms with Crippen LogP contribution >= 0.6 is 0 Å².